The van der Waals surface area contributed by atoms with Crippen LogP contribution in [0.5, 0.6) is 0 Å². The summed E-state index contributed by atoms with van der Waals surface area (Å²) in [6.07, 6.45) is 0.332. The molecule has 21 heavy (non-hydrogen) atoms. The van der Waals surface area contributed by atoms with Crippen LogP contribution in [0.25, 0.3) is 0 Å². The molecule has 0 fully saturated rings. The van der Waals surface area contributed by atoms with Gasteiger partial charge in [-0.25, -0.2) is 4.79 Å². The molecule has 0 aromatic heterocycles. The molecule has 0 heterocycles. The topological polar surface area (TPSA) is 93.8 Å². The lowest BCUT2D eigenvalue weighted by atomic mass is 10.2. The summed E-state index contributed by atoms with van der Waals surface area (Å²) in [5, 5.41) is 16.7. The minimum atomic E-state index is -0.781. The molecule has 0 saturated heterocycles. The molecule has 2 aromatic carbocycles. The van der Waals surface area contributed by atoms with Crippen molar-refractivity contribution >= 4 is 23.7 Å². The average molecular weight is 285 g/mol. The predicted octanol–water partition coefficient (Wildman–Crippen LogP) is 3.18. The van der Waals surface area contributed by atoms with Crippen molar-refractivity contribution in [3.8, 4) is 0 Å². The lowest BCUT2D eigenvalue weighted by Crippen LogP contribution is -2.10. The van der Waals surface area contributed by atoms with Gasteiger partial charge in [-0.15, -0.1) is 0 Å². The molecular formula is C14H11N3O4. The Morgan fingerprint density at radius 3 is 2.52 bits per heavy atom. The van der Waals surface area contributed by atoms with Crippen molar-refractivity contribution in [2.75, 3.05) is 5.32 Å². The Hall–Kier alpha value is -3.22. The SMILES string of the molecule is O=C(Nc1ccccc1)ON=Cc1ccccc1[N+](=O)[O-]. The fourth-order valence-corrected chi connectivity index (χ4v) is 1.56. The van der Waals surface area contributed by atoms with E-state index in [0.717, 1.165) is 6.21 Å². The van der Waals surface area contributed by atoms with Crippen molar-refractivity contribution in [3.05, 3.63) is 70.3 Å². The second-order valence-electron chi connectivity index (χ2n) is 3.92. The number of hydrogen-bond donors (Lipinski definition) is 1. The summed E-state index contributed by atoms with van der Waals surface area (Å²) in [5.74, 6) is 0. The molecule has 0 aliphatic heterocycles. The molecule has 0 aliphatic carbocycles. The second-order valence-corrected chi connectivity index (χ2v) is 3.92. The molecule has 1 amide bonds. The molecule has 0 atom stereocenters. The molecule has 0 unspecified atom stereocenters. The maximum Gasteiger partial charge on any atom is 0.437 e. The van der Waals surface area contributed by atoms with Gasteiger partial charge in [0.05, 0.1) is 16.7 Å². The fourth-order valence-electron chi connectivity index (χ4n) is 1.56. The molecule has 7 nitrogen and oxygen atoms in total. The number of oxime groups is 1. The molecule has 2 rings (SSSR count). The van der Waals surface area contributed by atoms with Gasteiger partial charge in [-0.1, -0.05) is 35.5 Å². The zero-order chi connectivity index (χ0) is 15.1. The van der Waals surface area contributed by atoms with Crippen LogP contribution in [-0.2, 0) is 4.84 Å². The van der Waals surface area contributed by atoms with Crippen LogP contribution in [0, 0.1) is 10.1 Å². The van der Waals surface area contributed by atoms with Crippen LogP contribution in [0.4, 0.5) is 16.2 Å². The van der Waals surface area contributed by atoms with E-state index >= 15 is 0 Å². The average Bonchev–Trinajstić information content (AvgIpc) is 2.48. The Kier molecular flexibility index (Phi) is 4.60. The van der Waals surface area contributed by atoms with Crippen LogP contribution in [-0.4, -0.2) is 17.2 Å². The number of nitrogens with one attached hydrogen (secondary N) is 1. The molecular weight excluding hydrogens is 274 g/mol. The number of para-hydroxylation sites is 2. The summed E-state index contributed by atoms with van der Waals surface area (Å²) >= 11 is 0. The maximum atomic E-state index is 11.4. The standard InChI is InChI=1S/C14H11N3O4/c18-14(16-12-7-2-1-3-8-12)21-15-10-11-6-4-5-9-13(11)17(19)20/h1-10H,(H,16,18). The Balaban J connectivity index is 1.97. The highest BCUT2D eigenvalue weighted by molar-refractivity contribution is 5.87. The fraction of sp³-hybridized carbons (Fsp3) is 0. The smallest absolute Gasteiger partial charge is 0.298 e. The summed E-state index contributed by atoms with van der Waals surface area (Å²) in [7, 11) is 0. The van der Waals surface area contributed by atoms with Gasteiger partial charge in [0.2, 0.25) is 0 Å². The van der Waals surface area contributed by atoms with Gasteiger partial charge < -0.3 is 0 Å². The van der Waals surface area contributed by atoms with Gasteiger partial charge in [-0.2, -0.15) is 0 Å². The zero-order valence-electron chi connectivity index (χ0n) is 10.8. The van der Waals surface area contributed by atoms with Crippen molar-refractivity contribution in [1.29, 1.82) is 0 Å². The number of hydrogen-bond acceptors (Lipinski definition) is 5. The summed E-state index contributed by atoms with van der Waals surface area (Å²) in [6, 6.07) is 14.7. The largest absolute Gasteiger partial charge is 0.437 e. The van der Waals surface area contributed by atoms with E-state index in [9.17, 15) is 14.9 Å². The van der Waals surface area contributed by atoms with Crippen LogP contribution in [0.1, 0.15) is 5.56 Å². The number of anilines is 1. The Labute approximate surface area is 120 Å². The molecule has 0 saturated carbocycles. The van der Waals surface area contributed by atoms with E-state index in [4.69, 9.17) is 0 Å². The number of benzene rings is 2. The van der Waals surface area contributed by atoms with E-state index in [1.165, 1.54) is 12.1 Å². The van der Waals surface area contributed by atoms with Crippen LogP contribution in [0.3, 0.4) is 0 Å². The Morgan fingerprint density at radius 1 is 1.14 bits per heavy atom. The normalized spacial score (nSPS) is 10.3. The zero-order valence-corrected chi connectivity index (χ0v) is 10.8. The van der Waals surface area contributed by atoms with Crippen molar-refractivity contribution in [2.24, 2.45) is 5.16 Å². The lowest BCUT2D eigenvalue weighted by Gasteiger charge is -2.01. The van der Waals surface area contributed by atoms with E-state index < -0.39 is 11.0 Å². The van der Waals surface area contributed by atoms with Gasteiger partial charge in [0.15, 0.2) is 0 Å². The molecule has 2 aromatic rings. The van der Waals surface area contributed by atoms with Crippen molar-refractivity contribution < 1.29 is 14.6 Å². The molecule has 0 aliphatic rings. The molecule has 106 valence electrons. The van der Waals surface area contributed by atoms with E-state index in [1.807, 2.05) is 6.07 Å². The van der Waals surface area contributed by atoms with Gasteiger partial charge in [0.1, 0.15) is 0 Å². The van der Waals surface area contributed by atoms with Crippen molar-refractivity contribution in [2.45, 2.75) is 0 Å². The number of carbonyl (C=O) groups excluding carboxylic acids is 1. The van der Waals surface area contributed by atoms with Crippen LogP contribution >= 0.6 is 0 Å². The third kappa shape index (κ3) is 4.13. The highest BCUT2D eigenvalue weighted by atomic mass is 16.7. The molecule has 0 spiro atoms. The minimum absolute atomic E-state index is 0.117. The quantitative estimate of drug-likeness (QED) is 0.404. The van der Waals surface area contributed by atoms with E-state index in [0.29, 0.717) is 5.69 Å². The van der Waals surface area contributed by atoms with Crippen LogP contribution < -0.4 is 5.32 Å². The van der Waals surface area contributed by atoms with Gasteiger partial charge in [-0.05, 0) is 18.2 Å². The first-order chi connectivity index (χ1) is 10.2. The summed E-state index contributed by atoms with van der Waals surface area (Å²) in [5.41, 5.74) is 0.687. The molecule has 0 radical (unpaired) electrons. The van der Waals surface area contributed by atoms with Gasteiger partial charge in [0.25, 0.3) is 5.69 Å². The van der Waals surface area contributed by atoms with Crippen LogP contribution in [0.2, 0.25) is 0 Å². The van der Waals surface area contributed by atoms with Crippen LogP contribution in [0.15, 0.2) is 59.8 Å². The molecule has 7 heteroatoms. The first-order valence-electron chi connectivity index (χ1n) is 5.96. The first-order valence-corrected chi connectivity index (χ1v) is 5.96. The third-order valence-electron chi connectivity index (χ3n) is 2.48. The summed E-state index contributed by atoms with van der Waals surface area (Å²) in [6.45, 7) is 0. The molecule has 0 bridgehead atoms. The first kappa shape index (κ1) is 14.2. The number of nitro benzene ring substituents is 1. The highest BCUT2D eigenvalue weighted by Gasteiger charge is 2.10. The number of rotatable bonds is 4. The van der Waals surface area contributed by atoms with Crippen molar-refractivity contribution in [3.63, 3.8) is 0 Å². The van der Waals surface area contributed by atoms with Crippen molar-refractivity contribution in [1.82, 2.24) is 0 Å². The highest BCUT2D eigenvalue weighted by Crippen LogP contribution is 2.15. The number of nitro groups is 1. The van der Waals surface area contributed by atoms with E-state index in [2.05, 4.69) is 15.3 Å². The lowest BCUT2D eigenvalue weighted by molar-refractivity contribution is -0.385. The maximum absolute atomic E-state index is 11.4. The summed E-state index contributed by atoms with van der Waals surface area (Å²) in [4.78, 5) is 26.3. The monoisotopic (exact) mass is 285 g/mol. The molecule has 1 N–H and O–H groups in total. The number of nitrogens with zero attached hydrogens (tertiary/aromatic N) is 2. The Morgan fingerprint density at radius 2 is 1.81 bits per heavy atom. The van der Waals surface area contributed by atoms with E-state index in [1.54, 1.807) is 36.4 Å². The van der Waals surface area contributed by atoms with Gasteiger partial charge >= 0.3 is 6.09 Å². The van der Waals surface area contributed by atoms with Gasteiger partial charge in [0, 0.05) is 11.8 Å². The predicted molar refractivity (Wildman–Crippen MR) is 77.2 cm³/mol. The van der Waals surface area contributed by atoms with Gasteiger partial charge in [-0.3, -0.25) is 20.3 Å². The Bertz CT molecular complexity index is 671. The second kappa shape index (κ2) is 6.80. The summed E-state index contributed by atoms with van der Waals surface area (Å²) < 4.78 is 0. The van der Waals surface area contributed by atoms with E-state index in [-0.39, 0.29) is 11.3 Å². The number of carbonyl (C=O) groups is 1. The number of amides is 1. The third-order valence-corrected chi connectivity index (χ3v) is 2.48. The minimum Gasteiger partial charge on any atom is -0.298 e.